The van der Waals surface area contributed by atoms with E-state index in [1.165, 1.54) is 24.1 Å². The lowest BCUT2D eigenvalue weighted by molar-refractivity contribution is 0.0831. The van der Waals surface area contributed by atoms with Gasteiger partial charge in [0.25, 0.3) is 0 Å². The molecule has 2 N–H and O–H groups in total. The largest absolute Gasteiger partial charge is 0.383 e. The highest BCUT2D eigenvalue weighted by Crippen LogP contribution is 2.38. The van der Waals surface area contributed by atoms with Crippen LogP contribution in [-0.4, -0.2) is 47.5 Å². The van der Waals surface area contributed by atoms with E-state index in [2.05, 4.69) is 30.0 Å². The Bertz CT molecular complexity index is 441. The lowest BCUT2D eigenvalue weighted by Crippen LogP contribution is -2.43. The van der Waals surface area contributed by atoms with Crippen molar-refractivity contribution in [1.82, 2.24) is 14.7 Å². The Hall–Kier alpha value is -0.910. The highest BCUT2D eigenvalue weighted by Gasteiger charge is 2.36. The van der Waals surface area contributed by atoms with Gasteiger partial charge in [-0.1, -0.05) is 6.92 Å². The van der Waals surface area contributed by atoms with Crippen molar-refractivity contribution >= 4 is 0 Å². The monoisotopic (exact) mass is 294 g/mol. The molecule has 2 atom stereocenters. The molecule has 0 aliphatic heterocycles. The number of aromatic nitrogens is 2. The molecule has 0 radical (unpaired) electrons. The molecule has 5 nitrogen and oxygen atoms in total. The second-order valence-electron chi connectivity index (χ2n) is 6.12. The molecule has 1 fully saturated rings. The molecule has 1 aromatic rings. The maximum absolute atomic E-state index is 6.15. The van der Waals surface area contributed by atoms with Gasteiger partial charge in [-0.3, -0.25) is 9.58 Å². The van der Waals surface area contributed by atoms with E-state index in [1.54, 1.807) is 7.11 Å². The van der Waals surface area contributed by atoms with Gasteiger partial charge in [0.05, 0.1) is 18.3 Å². The third-order valence-electron chi connectivity index (χ3n) is 4.64. The molecule has 0 saturated heterocycles. The van der Waals surface area contributed by atoms with Gasteiger partial charge in [0.2, 0.25) is 0 Å². The van der Waals surface area contributed by atoms with Crippen molar-refractivity contribution in [3.8, 4) is 0 Å². The topological polar surface area (TPSA) is 56.3 Å². The van der Waals surface area contributed by atoms with Gasteiger partial charge >= 0.3 is 0 Å². The lowest BCUT2D eigenvalue weighted by Gasteiger charge is -2.36. The Labute approximate surface area is 128 Å². The first-order valence-electron chi connectivity index (χ1n) is 8.09. The van der Waals surface area contributed by atoms with Crippen molar-refractivity contribution in [1.29, 1.82) is 0 Å². The van der Waals surface area contributed by atoms with E-state index >= 15 is 0 Å². The SMILES string of the molecule is CCc1nn(C)cc1C(CN)N(CCOC)C(C)C1CC1. The molecule has 1 aliphatic rings. The van der Waals surface area contributed by atoms with Gasteiger partial charge in [0.15, 0.2) is 0 Å². The summed E-state index contributed by atoms with van der Waals surface area (Å²) < 4.78 is 7.22. The molecule has 21 heavy (non-hydrogen) atoms. The molecule has 120 valence electrons. The highest BCUT2D eigenvalue weighted by atomic mass is 16.5. The molecular weight excluding hydrogens is 264 g/mol. The number of hydrogen-bond donors (Lipinski definition) is 1. The predicted molar refractivity (Wildman–Crippen MR) is 85.1 cm³/mol. The van der Waals surface area contributed by atoms with E-state index in [9.17, 15) is 0 Å². The number of methoxy groups -OCH3 is 1. The maximum Gasteiger partial charge on any atom is 0.0670 e. The molecule has 1 heterocycles. The lowest BCUT2D eigenvalue weighted by atomic mass is 10.0. The average molecular weight is 294 g/mol. The number of ether oxygens (including phenoxy) is 1. The van der Waals surface area contributed by atoms with E-state index in [-0.39, 0.29) is 6.04 Å². The highest BCUT2D eigenvalue weighted by molar-refractivity contribution is 5.22. The molecule has 2 unspecified atom stereocenters. The first-order valence-corrected chi connectivity index (χ1v) is 8.09. The number of hydrogen-bond acceptors (Lipinski definition) is 4. The van der Waals surface area contributed by atoms with Crippen LogP contribution < -0.4 is 5.73 Å². The van der Waals surface area contributed by atoms with Crippen LogP contribution in [0.15, 0.2) is 6.20 Å². The fourth-order valence-electron chi connectivity index (χ4n) is 3.24. The second-order valence-corrected chi connectivity index (χ2v) is 6.12. The van der Waals surface area contributed by atoms with Crippen LogP contribution in [0.25, 0.3) is 0 Å². The molecule has 0 aromatic carbocycles. The summed E-state index contributed by atoms with van der Waals surface area (Å²) >= 11 is 0. The van der Waals surface area contributed by atoms with Crippen LogP contribution >= 0.6 is 0 Å². The van der Waals surface area contributed by atoms with Crippen molar-refractivity contribution < 1.29 is 4.74 Å². The normalized spacial score (nSPS) is 18.2. The zero-order valence-electron chi connectivity index (χ0n) is 13.9. The summed E-state index contributed by atoms with van der Waals surface area (Å²) in [6.07, 6.45) is 5.77. The fourth-order valence-corrected chi connectivity index (χ4v) is 3.24. The third-order valence-corrected chi connectivity index (χ3v) is 4.64. The zero-order chi connectivity index (χ0) is 15.4. The van der Waals surface area contributed by atoms with Gasteiger partial charge in [-0.2, -0.15) is 5.10 Å². The molecule has 1 saturated carbocycles. The summed E-state index contributed by atoms with van der Waals surface area (Å²) in [6, 6.07) is 0.790. The van der Waals surface area contributed by atoms with E-state index in [1.807, 2.05) is 11.7 Å². The van der Waals surface area contributed by atoms with Crippen LogP contribution in [0.2, 0.25) is 0 Å². The van der Waals surface area contributed by atoms with Crippen molar-refractivity contribution in [2.45, 2.75) is 45.2 Å². The first kappa shape index (κ1) is 16.5. The zero-order valence-corrected chi connectivity index (χ0v) is 13.9. The minimum Gasteiger partial charge on any atom is -0.383 e. The summed E-state index contributed by atoms with van der Waals surface area (Å²) in [5.41, 5.74) is 8.60. The molecule has 5 heteroatoms. The van der Waals surface area contributed by atoms with Crippen molar-refractivity contribution in [3.05, 3.63) is 17.5 Å². The van der Waals surface area contributed by atoms with Gasteiger partial charge in [-0.25, -0.2) is 0 Å². The first-order chi connectivity index (χ1) is 10.1. The van der Waals surface area contributed by atoms with E-state index in [4.69, 9.17) is 10.5 Å². The number of rotatable bonds is 9. The van der Waals surface area contributed by atoms with Crippen LogP contribution in [-0.2, 0) is 18.2 Å². The van der Waals surface area contributed by atoms with Crippen molar-refractivity contribution in [2.75, 3.05) is 26.8 Å². The van der Waals surface area contributed by atoms with Gasteiger partial charge in [0.1, 0.15) is 0 Å². The second kappa shape index (κ2) is 7.38. The van der Waals surface area contributed by atoms with Crippen LogP contribution in [0.5, 0.6) is 0 Å². The summed E-state index contributed by atoms with van der Waals surface area (Å²) in [5, 5.41) is 4.58. The van der Waals surface area contributed by atoms with Gasteiger partial charge in [0, 0.05) is 45.0 Å². The predicted octanol–water partition coefficient (Wildman–Crippen LogP) is 1.73. The van der Waals surface area contributed by atoms with Gasteiger partial charge in [-0.05, 0) is 32.1 Å². The smallest absolute Gasteiger partial charge is 0.0670 e. The Morgan fingerprint density at radius 2 is 2.24 bits per heavy atom. The van der Waals surface area contributed by atoms with E-state index in [0.717, 1.165) is 25.5 Å². The summed E-state index contributed by atoms with van der Waals surface area (Å²) in [7, 11) is 3.75. The van der Waals surface area contributed by atoms with Crippen molar-refractivity contribution in [2.24, 2.45) is 18.7 Å². The van der Waals surface area contributed by atoms with Crippen LogP contribution in [0, 0.1) is 5.92 Å². The van der Waals surface area contributed by atoms with Crippen LogP contribution in [0.3, 0.4) is 0 Å². The number of aryl methyl sites for hydroxylation is 2. The Kier molecular flexibility index (Phi) is 5.79. The number of nitrogens with two attached hydrogens (primary N) is 1. The molecule has 1 aromatic heterocycles. The standard InChI is InChI=1S/C16H30N4O/c1-5-15-14(11-19(3)18-15)16(10-17)20(8-9-21-4)12(2)13-6-7-13/h11-13,16H,5-10,17H2,1-4H3. The summed E-state index contributed by atoms with van der Waals surface area (Å²) in [6.45, 7) is 6.78. The molecule has 2 rings (SSSR count). The van der Waals surface area contributed by atoms with Gasteiger partial charge in [-0.15, -0.1) is 0 Å². The Morgan fingerprint density at radius 3 is 2.76 bits per heavy atom. The quantitative estimate of drug-likeness (QED) is 0.753. The minimum absolute atomic E-state index is 0.236. The third kappa shape index (κ3) is 3.84. The average Bonchev–Trinajstić information content (AvgIpc) is 3.26. The van der Waals surface area contributed by atoms with Crippen LogP contribution in [0.4, 0.5) is 0 Å². The fraction of sp³-hybridized carbons (Fsp3) is 0.812. The van der Waals surface area contributed by atoms with Crippen molar-refractivity contribution in [3.63, 3.8) is 0 Å². The van der Waals surface area contributed by atoms with E-state index < -0.39 is 0 Å². The van der Waals surface area contributed by atoms with Crippen LogP contribution in [0.1, 0.15) is 44.0 Å². The Balaban J connectivity index is 2.24. The Morgan fingerprint density at radius 1 is 1.52 bits per heavy atom. The summed E-state index contributed by atoms with van der Waals surface area (Å²) in [4.78, 5) is 2.53. The molecule has 0 spiro atoms. The maximum atomic E-state index is 6.15. The van der Waals surface area contributed by atoms with Gasteiger partial charge < -0.3 is 10.5 Å². The summed E-state index contributed by atoms with van der Waals surface area (Å²) in [5.74, 6) is 0.817. The molecule has 0 amide bonds. The molecular formula is C16H30N4O. The molecule has 1 aliphatic carbocycles. The van der Waals surface area contributed by atoms with E-state index in [0.29, 0.717) is 12.6 Å². The number of nitrogens with zero attached hydrogens (tertiary/aromatic N) is 3. The molecule has 0 bridgehead atoms. The minimum atomic E-state index is 0.236.